The summed E-state index contributed by atoms with van der Waals surface area (Å²) >= 11 is 6.17. The number of esters is 1. The fraction of sp³-hybridized carbons (Fsp3) is 0.519. The van der Waals surface area contributed by atoms with Gasteiger partial charge in [0.1, 0.15) is 29.1 Å². The molecule has 0 radical (unpaired) electrons. The SMILES string of the molecule is C[C@@H]1CC[C@@H](Oc2cc(F)c(C(=O)OC(C)(C)C)cc2C2CC2)CN1Cc1cccc(F)c1Cl. The van der Waals surface area contributed by atoms with Crippen molar-refractivity contribution < 1.29 is 23.0 Å². The molecule has 0 aromatic heterocycles. The van der Waals surface area contributed by atoms with Gasteiger partial charge in [-0.25, -0.2) is 13.6 Å². The molecular formula is C27H32ClF2NO3. The van der Waals surface area contributed by atoms with Gasteiger partial charge >= 0.3 is 5.97 Å². The lowest BCUT2D eigenvalue weighted by atomic mass is 9.99. The highest BCUT2D eigenvalue weighted by Crippen LogP contribution is 2.46. The van der Waals surface area contributed by atoms with Gasteiger partial charge in [0.05, 0.1) is 10.6 Å². The zero-order chi connectivity index (χ0) is 24.6. The zero-order valence-corrected chi connectivity index (χ0v) is 20.9. The van der Waals surface area contributed by atoms with Crippen LogP contribution in [0.15, 0.2) is 30.3 Å². The van der Waals surface area contributed by atoms with E-state index in [2.05, 4.69) is 11.8 Å². The van der Waals surface area contributed by atoms with E-state index in [9.17, 15) is 13.6 Å². The Morgan fingerprint density at radius 3 is 2.53 bits per heavy atom. The summed E-state index contributed by atoms with van der Waals surface area (Å²) in [4.78, 5) is 14.8. The quantitative estimate of drug-likeness (QED) is 0.413. The number of hydrogen-bond acceptors (Lipinski definition) is 4. The molecule has 4 rings (SSSR count). The number of piperidine rings is 1. The number of hydrogen-bond donors (Lipinski definition) is 0. The van der Waals surface area contributed by atoms with Gasteiger partial charge in [-0.2, -0.15) is 0 Å². The average Bonchev–Trinajstić information content (AvgIpc) is 3.58. The minimum atomic E-state index is -0.703. The predicted octanol–water partition coefficient (Wildman–Crippen LogP) is 6.88. The summed E-state index contributed by atoms with van der Waals surface area (Å²) in [5.41, 5.74) is 0.843. The van der Waals surface area contributed by atoms with E-state index in [1.807, 2.05) is 6.07 Å². The molecule has 2 atom stereocenters. The predicted molar refractivity (Wildman–Crippen MR) is 128 cm³/mol. The van der Waals surface area contributed by atoms with E-state index in [0.717, 1.165) is 36.8 Å². The smallest absolute Gasteiger partial charge is 0.341 e. The molecular weight excluding hydrogens is 460 g/mol. The first kappa shape index (κ1) is 24.9. The van der Waals surface area contributed by atoms with E-state index >= 15 is 0 Å². The van der Waals surface area contributed by atoms with Crippen LogP contribution in [0.5, 0.6) is 5.75 Å². The molecule has 0 N–H and O–H groups in total. The number of nitrogens with zero attached hydrogens (tertiary/aromatic N) is 1. The number of likely N-dealkylation sites (tertiary alicyclic amines) is 1. The number of benzene rings is 2. The van der Waals surface area contributed by atoms with Crippen molar-refractivity contribution in [2.24, 2.45) is 0 Å². The summed E-state index contributed by atoms with van der Waals surface area (Å²) in [6, 6.07) is 8.07. The van der Waals surface area contributed by atoms with Gasteiger partial charge in [0, 0.05) is 25.2 Å². The Morgan fingerprint density at radius 1 is 1.12 bits per heavy atom. The van der Waals surface area contributed by atoms with Gasteiger partial charge in [-0.1, -0.05) is 23.7 Å². The van der Waals surface area contributed by atoms with Crippen molar-refractivity contribution >= 4 is 17.6 Å². The maximum atomic E-state index is 15.0. The molecule has 2 aromatic rings. The van der Waals surface area contributed by atoms with E-state index in [-0.39, 0.29) is 28.6 Å². The van der Waals surface area contributed by atoms with Crippen LogP contribution in [-0.4, -0.2) is 35.2 Å². The minimum Gasteiger partial charge on any atom is -0.489 e. The number of carbonyl (C=O) groups is 1. The molecule has 0 amide bonds. The molecule has 1 aliphatic carbocycles. The summed E-state index contributed by atoms with van der Waals surface area (Å²) in [7, 11) is 0. The van der Waals surface area contributed by atoms with Crippen molar-refractivity contribution in [3.8, 4) is 5.75 Å². The maximum Gasteiger partial charge on any atom is 0.341 e. The lowest BCUT2D eigenvalue weighted by Gasteiger charge is -2.38. The summed E-state index contributed by atoms with van der Waals surface area (Å²) in [5, 5.41) is 0.147. The van der Waals surface area contributed by atoms with Crippen LogP contribution < -0.4 is 4.74 Å². The molecule has 0 spiro atoms. The number of ether oxygens (including phenoxy) is 2. The van der Waals surface area contributed by atoms with E-state index in [0.29, 0.717) is 18.8 Å². The third kappa shape index (κ3) is 5.89. The molecule has 0 unspecified atom stereocenters. The van der Waals surface area contributed by atoms with Gasteiger partial charge in [-0.3, -0.25) is 4.90 Å². The lowest BCUT2D eigenvalue weighted by molar-refractivity contribution is 0.00643. The summed E-state index contributed by atoms with van der Waals surface area (Å²) in [6.45, 7) is 8.54. The molecule has 0 bridgehead atoms. The first-order chi connectivity index (χ1) is 16.0. The lowest BCUT2D eigenvalue weighted by Crippen LogP contribution is -2.45. The van der Waals surface area contributed by atoms with Crippen LogP contribution in [0.1, 0.15) is 80.8 Å². The molecule has 1 heterocycles. The van der Waals surface area contributed by atoms with Crippen LogP contribution in [0.2, 0.25) is 5.02 Å². The van der Waals surface area contributed by atoms with Crippen LogP contribution in [0, 0.1) is 11.6 Å². The van der Waals surface area contributed by atoms with Gasteiger partial charge in [0.2, 0.25) is 0 Å². The topological polar surface area (TPSA) is 38.8 Å². The van der Waals surface area contributed by atoms with Crippen LogP contribution in [-0.2, 0) is 11.3 Å². The van der Waals surface area contributed by atoms with E-state index < -0.39 is 23.2 Å². The van der Waals surface area contributed by atoms with Crippen molar-refractivity contribution in [2.45, 2.75) is 83.6 Å². The summed E-state index contributed by atoms with van der Waals surface area (Å²) in [6.07, 6.45) is 3.56. The van der Waals surface area contributed by atoms with Gasteiger partial charge in [0.15, 0.2) is 0 Å². The van der Waals surface area contributed by atoms with Crippen molar-refractivity contribution in [3.05, 3.63) is 63.7 Å². The van der Waals surface area contributed by atoms with E-state index in [4.69, 9.17) is 21.1 Å². The average molecular weight is 492 g/mol. The maximum absolute atomic E-state index is 15.0. The first-order valence-electron chi connectivity index (χ1n) is 11.9. The van der Waals surface area contributed by atoms with Gasteiger partial charge < -0.3 is 9.47 Å². The standard InChI is InChI=1S/C27H32ClF2NO3/c1-16-8-11-19(15-31(16)14-18-6-5-7-22(29)25(18)28)33-24-13-23(30)21(12-20(24)17-9-10-17)26(32)34-27(2,3)4/h5-7,12-13,16-17,19H,8-11,14-15H2,1-4H3/t16-,19-/m1/s1. The second-order valence-corrected chi connectivity index (χ2v) is 10.8. The zero-order valence-electron chi connectivity index (χ0n) is 20.2. The van der Waals surface area contributed by atoms with E-state index in [1.165, 1.54) is 12.1 Å². The summed E-state index contributed by atoms with van der Waals surface area (Å²) in [5.74, 6) is -0.965. The summed E-state index contributed by atoms with van der Waals surface area (Å²) < 4.78 is 40.6. The highest BCUT2D eigenvalue weighted by Gasteiger charge is 2.33. The van der Waals surface area contributed by atoms with Gasteiger partial charge in [0.25, 0.3) is 0 Å². The minimum absolute atomic E-state index is 0.0520. The molecule has 2 aromatic carbocycles. The van der Waals surface area contributed by atoms with Crippen molar-refractivity contribution in [2.75, 3.05) is 6.54 Å². The molecule has 7 heteroatoms. The van der Waals surface area contributed by atoms with Crippen molar-refractivity contribution in [3.63, 3.8) is 0 Å². The normalized spacial score (nSPS) is 21.4. The molecule has 1 saturated carbocycles. The second kappa shape index (κ2) is 9.82. The van der Waals surface area contributed by atoms with Crippen LogP contribution in [0.3, 0.4) is 0 Å². The number of rotatable bonds is 6. The monoisotopic (exact) mass is 491 g/mol. The van der Waals surface area contributed by atoms with Gasteiger partial charge in [-0.15, -0.1) is 0 Å². The van der Waals surface area contributed by atoms with Crippen molar-refractivity contribution in [1.82, 2.24) is 4.90 Å². The Balaban J connectivity index is 1.52. The second-order valence-electron chi connectivity index (χ2n) is 10.5. The molecule has 1 aliphatic heterocycles. The fourth-order valence-corrected chi connectivity index (χ4v) is 4.59. The largest absolute Gasteiger partial charge is 0.489 e. The molecule has 184 valence electrons. The Hall–Kier alpha value is -2.18. The van der Waals surface area contributed by atoms with Crippen LogP contribution >= 0.6 is 11.6 Å². The Morgan fingerprint density at radius 2 is 1.85 bits per heavy atom. The molecule has 2 aliphatic rings. The van der Waals surface area contributed by atoms with Crippen LogP contribution in [0.25, 0.3) is 0 Å². The molecule has 4 nitrogen and oxygen atoms in total. The highest BCUT2D eigenvalue weighted by molar-refractivity contribution is 6.31. The molecule has 34 heavy (non-hydrogen) atoms. The Labute approximate surface area is 205 Å². The van der Waals surface area contributed by atoms with E-state index in [1.54, 1.807) is 32.9 Å². The fourth-order valence-electron chi connectivity index (χ4n) is 4.40. The third-order valence-electron chi connectivity index (χ3n) is 6.40. The van der Waals surface area contributed by atoms with Gasteiger partial charge in [-0.05, 0) is 82.6 Å². The first-order valence-corrected chi connectivity index (χ1v) is 12.3. The molecule has 1 saturated heterocycles. The highest BCUT2D eigenvalue weighted by atomic mass is 35.5. The Bertz CT molecular complexity index is 1060. The third-order valence-corrected chi connectivity index (χ3v) is 6.83. The van der Waals surface area contributed by atoms with Crippen molar-refractivity contribution in [1.29, 1.82) is 0 Å². The number of carbonyl (C=O) groups excluding carboxylic acids is 1. The number of halogens is 3. The Kier molecular flexibility index (Phi) is 7.20. The molecule has 2 fully saturated rings. The van der Waals surface area contributed by atoms with Crippen LogP contribution in [0.4, 0.5) is 8.78 Å².